The highest BCUT2D eigenvalue weighted by molar-refractivity contribution is 5.55. The van der Waals surface area contributed by atoms with Gasteiger partial charge in [0.1, 0.15) is 0 Å². The fourth-order valence-electron chi connectivity index (χ4n) is 3.31. The summed E-state index contributed by atoms with van der Waals surface area (Å²) in [4.78, 5) is 11.6. The standard InChI is InChI=1S/C19H26N4/c1-3-23-9-5-8-18(23)14-20-11-16-12-21-19(22-13-16)17-7-4-6-15(2)10-17/h4,6-7,10,12-13,18,20H,3,5,8-9,11,14H2,1-2H3/t18-/m0/s1. The minimum atomic E-state index is 0.687. The quantitative estimate of drug-likeness (QED) is 0.890. The van der Waals surface area contributed by atoms with Gasteiger partial charge in [0.25, 0.3) is 0 Å². The molecular formula is C19H26N4. The predicted molar refractivity (Wildman–Crippen MR) is 94.2 cm³/mol. The van der Waals surface area contributed by atoms with Crippen LogP contribution in [-0.2, 0) is 6.54 Å². The number of likely N-dealkylation sites (N-methyl/N-ethyl adjacent to an activating group) is 1. The average Bonchev–Trinajstić information content (AvgIpc) is 3.03. The summed E-state index contributed by atoms with van der Waals surface area (Å²) in [6, 6.07) is 8.99. The zero-order chi connectivity index (χ0) is 16.1. The van der Waals surface area contributed by atoms with E-state index in [0.29, 0.717) is 6.04 Å². The SMILES string of the molecule is CCN1CCC[C@H]1CNCc1cnc(-c2cccc(C)c2)nc1. The Morgan fingerprint density at radius 2 is 2.09 bits per heavy atom. The van der Waals surface area contributed by atoms with Gasteiger partial charge in [-0.3, -0.25) is 4.90 Å². The van der Waals surface area contributed by atoms with Crippen molar-refractivity contribution < 1.29 is 0 Å². The van der Waals surface area contributed by atoms with E-state index in [2.05, 4.69) is 52.2 Å². The first-order chi connectivity index (χ1) is 11.3. The maximum atomic E-state index is 4.51. The fraction of sp³-hybridized carbons (Fsp3) is 0.474. The molecule has 0 amide bonds. The molecule has 1 aromatic heterocycles. The van der Waals surface area contributed by atoms with E-state index in [1.165, 1.54) is 24.9 Å². The Labute approximate surface area is 139 Å². The van der Waals surface area contributed by atoms with Gasteiger partial charge in [-0.05, 0) is 38.9 Å². The maximum absolute atomic E-state index is 4.51. The first-order valence-electron chi connectivity index (χ1n) is 8.59. The molecule has 0 radical (unpaired) electrons. The van der Waals surface area contributed by atoms with Crippen molar-refractivity contribution in [3.63, 3.8) is 0 Å². The highest BCUT2D eigenvalue weighted by atomic mass is 15.2. The molecule has 1 atom stereocenters. The summed E-state index contributed by atoms with van der Waals surface area (Å²) in [5.41, 5.74) is 3.45. The molecule has 1 aliphatic heterocycles. The molecule has 1 fully saturated rings. The van der Waals surface area contributed by atoms with Gasteiger partial charge in [-0.15, -0.1) is 0 Å². The van der Waals surface area contributed by atoms with Gasteiger partial charge in [0.05, 0.1) is 0 Å². The van der Waals surface area contributed by atoms with Gasteiger partial charge in [0.2, 0.25) is 0 Å². The molecule has 1 aromatic carbocycles. The fourth-order valence-corrected chi connectivity index (χ4v) is 3.31. The Morgan fingerprint density at radius 3 is 2.83 bits per heavy atom. The Hall–Kier alpha value is -1.78. The van der Waals surface area contributed by atoms with E-state index in [9.17, 15) is 0 Å². The third-order valence-corrected chi connectivity index (χ3v) is 4.60. The van der Waals surface area contributed by atoms with Crippen LogP contribution in [0.25, 0.3) is 11.4 Å². The predicted octanol–water partition coefficient (Wildman–Crippen LogP) is 3.03. The molecule has 4 nitrogen and oxygen atoms in total. The zero-order valence-corrected chi connectivity index (χ0v) is 14.1. The number of rotatable bonds is 6. The lowest BCUT2D eigenvalue weighted by molar-refractivity contribution is 0.260. The number of aromatic nitrogens is 2. The van der Waals surface area contributed by atoms with Crippen molar-refractivity contribution in [2.24, 2.45) is 0 Å². The number of aryl methyl sites for hydroxylation is 1. The van der Waals surface area contributed by atoms with Crippen LogP contribution in [0.5, 0.6) is 0 Å². The lowest BCUT2D eigenvalue weighted by Crippen LogP contribution is -2.37. The molecule has 0 bridgehead atoms. The molecule has 0 saturated carbocycles. The highest BCUT2D eigenvalue weighted by Crippen LogP contribution is 2.17. The van der Waals surface area contributed by atoms with E-state index in [1.54, 1.807) is 0 Å². The maximum Gasteiger partial charge on any atom is 0.159 e. The second-order valence-electron chi connectivity index (χ2n) is 6.34. The van der Waals surface area contributed by atoms with Crippen molar-refractivity contribution in [2.75, 3.05) is 19.6 Å². The molecule has 4 heteroatoms. The average molecular weight is 310 g/mol. The van der Waals surface area contributed by atoms with Gasteiger partial charge < -0.3 is 5.32 Å². The van der Waals surface area contributed by atoms with Gasteiger partial charge in [-0.2, -0.15) is 0 Å². The van der Waals surface area contributed by atoms with Crippen molar-refractivity contribution in [1.29, 1.82) is 0 Å². The summed E-state index contributed by atoms with van der Waals surface area (Å²) >= 11 is 0. The van der Waals surface area contributed by atoms with Crippen LogP contribution < -0.4 is 5.32 Å². The van der Waals surface area contributed by atoms with Gasteiger partial charge in [-0.25, -0.2) is 9.97 Å². The molecule has 2 aromatic rings. The number of likely N-dealkylation sites (tertiary alicyclic amines) is 1. The molecule has 0 unspecified atom stereocenters. The summed E-state index contributed by atoms with van der Waals surface area (Å²) in [6.07, 6.45) is 6.51. The Kier molecular flexibility index (Phi) is 5.36. The van der Waals surface area contributed by atoms with Gasteiger partial charge in [0.15, 0.2) is 5.82 Å². The van der Waals surface area contributed by atoms with Crippen LogP contribution in [0.3, 0.4) is 0 Å². The van der Waals surface area contributed by atoms with E-state index < -0.39 is 0 Å². The topological polar surface area (TPSA) is 41.0 Å². The third-order valence-electron chi connectivity index (χ3n) is 4.60. The normalized spacial score (nSPS) is 18.4. The van der Waals surface area contributed by atoms with Crippen LogP contribution in [0, 0.1) is 6.92 Å². The molecule has 23 heavy (non-hydrogen) atoms. The largest absolute Gasteiger partial charge is 0.311 e. The summed E-state index contributed by atoms with van der Waals surface area (Å²) in [5.74, 6) is 0.797. The second-order valence-corrected chi connectivity index (χ2v) is 6.34. The second kappa shape index (κ2) is 7.66. The highest BCUT2D eigenvalue weighted by Gasteiger charge is 2.21. The Balaban J connectivity index is 1.53. The lowest BCUT2D eigenvalue weighted by Gasteiger charge is -2.22. The van der Waals surface area contributed by atoms with E-state index in [4.69, 9.17) is 0 Å². The Morgan fingerprint density at radius 1 is 1.26 bits per heavy atom. The molecule has 0 aliphatic carbocycles. The van der Waals surface area contributed by atoms with Gasteiger partial charge in [0, 0.05) is 42.7 Å². The molecule has 2 heterocycles. The minimum Gasteiger partial charge on any atom is -0.311 e. The summed E-state index contributed by atoms with van der Waals surface area (Å²) in [5, 5.41) is 3.55. The van der Waals surface area contributed by atoms with Crippen molar-refractivity contribution in [2.45, 2.75) is 39.3 Å². The van der Waals surface area contributed by atoms with Crippen molar-refractivity contribution in [3.8, 4) is 11.4 Å². The molecule has 3 rings (SSSR count). The lowest BCUT2D eigenvalue weighted by atomic mass is 10.1. The number of benzene rings is 1. The Bertz CT molecular complexity index is 624. The number of hydrogen-bond donors (Lipinski definition) is 1. The number of nitrogens with one attached hydrogen (secondary N) is 1. The summed E-state index contributed by atoms with van der Waals surface area (Å²) < 4.78 is 0. The first kappa shape index (κ1) is 16.1. The molecular weight excluding hydrogens is 284 g/mol. The van der Waals surface area contributed by atoms with E-state index >= 15 is 0 Å². The van der Waals surface area contributed by atoms with Crippen LogP contribution >= 0.6 is 0 Å². The van der Waals surface area contributed by atoms with Gasteiger partial charge in [-0.1, -0.05) is 30.7 Å². The first-order valence-corrected chi connectivity index (χ1v) is 8.59. The van der Waals surface area contributed by atoms with E-state index in [0.717, 1.165) is 36.6 Å². The molecule has 0 spiro atoms. The minimum absolute atomic E-state index is 0.687. The summed E-state index contributed by atoms with van der Waals surface area (Å²) in [7, 11) is 0. The monoisotopic (exact) mass is 310 g/mol. The molecule has 1 aliphatic rings. The number of hydrogen-bond acceptors (Lipinski definition) is 4. The zero-order valence-electron chi connectivity index (χ0n) is 14.1. The molecule has 122 valence electrons. The van der Waals surface area contributed by atoms with Crippen LogP contribution in [0.4, 0.5) is 0 Å². The molecule has 1 N–H and O–H groups in total. The van der Waals surface area contributed by atoms with Crippen molar-refractivity contribution in [3.05, 3.63) is 47.8 Å². The molecule has 1 saturated heterocycles. The van der Waals surface area contributed by atoms with Crippen LogP contribution in [0.2, 0.25) is 0 Å². The number of nitrogens with zero attached hydrogens (tertiary/aromatic N) is 3. The van der Waals surface area contributed by atoms with E-state index in [-0.39, 0.29) is 0 Å². The van der Waals surface area contributed by atoms with Crippen LogP contribution in [0.15, 0.2) is 36.7 Å². The summed E-state index contributed by atoms with van der Waals surface area (Å²) in [6.45, 7) is 8.62. The van der Waals surface area contributed by atoms with Crippen molar-refractivity contribution in [1.82, 2.24) is 20.2 Å². The van der Waals surface area contributed by atoms with E-state index in [1.807, 2.05) is 18.5 Å². The van der Waals surface area contributed by atoms with Crippen LogP contribution in [0.1, 0.15) is 30.9 Å². The van der Waals surface area contributed by atoms with Gasteiger partial charge >= 0.3 is 0 Å². The van der Waals surface area contributed by atoms with Crippen LogP contribution in [-0.4, -0.2) is 40.5 Å². The smallest absolute Gasteiger partial charge is 0.159 e. The third kappa shape index (κ3) is 4.15. The van der Waals surface area contributed by atoms with Crippen molar-refractivity contribution >= 4 is 0 Å².